The van der Waals surface area contributed by atoms with Gasteiger partial charge in [0.2, 0.25) is 5.91 Å². The molecule has 1 aromatic carbocycles. The lowest BCUT2D eigenvalue weighted by molar-refractivity contribution is -0.119. The minimum Gasteiger partial charge on any atom is -0.352 e. The first kappa shape index (κ1) is 18.0. The quantitative estimate of drug-likeness (QED) is 0.832. The molecule has 0 spiro atoms. The van der Waals surface area contributed by atoms with Crippen LogP contribution in [0.1, 0.15) is 38.7 Å². The normalized spacial score (nSPS) is 21.5. The second-order valence-electron chi connectivity index (χ2n) is 7.00. The zero-order valence-electron chi connectivity index (χ0n) is 14.0. The largest absolute Gasteiger partial charge is 0.352 e. The molecule has 1 aliphatic carbocycles. The predicted octanol–water partition coefficient (Wildman–Crippen LogP) is 2.58. The van der Waals surface area contributed by atoms with Crippen molar-refractivity contribution in [2.45, 2.75) is 45.6 Å². The van der Waals surface area contributed by atoms with Gasteiger partial charge in [0.1, 0.15) is 5.75 Å². The third kappa shape index (κ3) is 5.98. The van der Waals surface area contributed by atoms with E-state index in [4.69, 9.17) is 0 Å². The summed E-state index contributed by atoms with van der Waals surface area (Å²) in [5.41, 5.74) is 1.27. The number of benzene rings is 1. The third-order valence-corrected chi connectivity index (χ3v) is 6.16. The Kier molecular flexibility index (Phi) is 6.22. The number of carbonyl (C=O) groups excluding carboxylic acids is 1. The number of nitrogens with one attached hydrogen (secondary N) is 1. The molecule has 1 aromatic rings. The number of hydrogen-bond acceptors (Lipinski definition) is 3. The van der Waals surface area contributed by atoms with Gasteiger partial charge in [-0.15, -0.1) is 0 Å². The fourth-order valence-electron chi connectivity index (χ4n) is 3.40. The number of amides is 1. The zero-order chi connectivity index (χ0) is 16.9. The molecule has 0 heterocycles. The Hall–Kier alpha value is -1.36. The molecule has 0 radical (unpaired) electrons. The van der Waals surface area contributed by atoms with Gasteiger partial charge < -0.3 is 5.32 Å². The molecule has 23 heavy (non-hydrogen) atoms. The molecule has 5 heteroatoms. The number of hydrogen-bond donors (Lipinski definition) is 1. The molecule has 0 bridgehead atoms. The molecule has 0 saturated heterocycles. The van der Waals surface area contributed by atoms with Gasteiger partial charge in [-0.05, 0) is 36.7 Å². The second-order valence-corrected chi connectivity index (χ2v) is 9.11. The Morgan fingerprint density at radius 1 is 1.22 bits per heavy atom. The van der Waals surface area contributed by atoms with Crippen LogP contribution in [0.2, 0.25) is 0 Å². The van der Waals surface area contributed by atoms with E-state index in [1.807, 2.05) is 32.0 Å². The van der Waals surface area contributed by atoms with Gasteiger partial charge >= 0.3 is 0 Å². The summed E-state index contributed by atoms with van der Waals surface area (Å²) in [7, 11) is -3.31. The Morgan fingerprint density at radius 2 is 1.91 bits per heavy atom. The lowest BCUT2D eigenvalue weighted by Crippen LogP contribution is -2.41. The van der Waals surface area contributed by atoms with Gasteiger partial charge in [-0.2, -0.15) is 0 Å². The van der Waals surface area contributed by atoms with E-state index in [0.29, 0.717) is 5.92 Å². The van der Waals surface area contributed by atoms with Gasteiger partial charge in [0.15, 0.2) is 9.84 Å². The van der Waals surface area contributed by atoms with Crippen LogP contribution in [0.4, 0.5) is 0 Å². The molecule has 128 valence electrons. The summed E-state index contributed by atoms with van der Waals surface area (Å²) in [5, 5.41) is 2.96. The van der Waals surface area contributed by atoms with Crippen molar-refractivity contribution in [1.29, 1.82) is 0 Å². The van der Waals surface area contributed by atoms with Crippen molar-refractivity contribution in [2.24, 2.45) is 11.8 Å². The average molecular weight is 337 g/mol. The first-order valence-electron chi connectivity index (χ1n) is 8.39. The number of rotatable bonds is 7. The van der Waals surface area contributed by atoms with E-state index in [1.165, 1.54) is 5.56 Å². The van der Waals surface area contributed by atoms with E-state index in [1.54, 1.807) is 0 Å². The van der Waals surface area contributed by atoms with Crippen LogP contribution in [0, 0.1) is 11.8 Å². The smallest absolute Gasteiger partial charge is 0.235 e. The van der Waals surface area contributed by atoms with Crippen LogP contribution in [-0.4, -0.2) is 31.9 Å². The maximum absolute atomic E-state index is 12.1. The highest BCUT2D eigenvalue weighted by molar-refractivity contribution is 7.92. The molecule has 0 aromatic heterocycles. The van der Waals surface area contributed by atoms with Gasteiger partial charge in [-0.1, -0.05) is 50.6 Å². The maximum Gasteiger partial charge on any atom is 0.235 e. The molecular formula is C18H27NO3S. The van der Waals surface area contributed by atoms with Crippen LogP contribution >= 0.6 is 0 Å². The summed E-state index contributed by atoms with van der Waals surface area (Å²) < 4.78 is 23.9. The molecule has 2 rings (SSSR count). The lowest BCUT2D eigenvalue weighted by Gasteiger charge is -2.21. The molecule has 1 saturated carbocycles. The van der Waals surface area contributed by atoms with E-state index in [0.717, 1.165) is 25.7 Å². The van der Waals surface area contributed by atoms with Gasteiger partial charge in [0.25, 0.3) is 0 Å². The van der Waals surface area contributed by atoms with E-state index in [9.17, 15) is 13.2 Å². The molecule has 2 atom stereocenters. The molecule has 1 aliphatic rings. The molecule has 1 amide bonds. The molecule has 0 aliphatic heterocycles. The molecule has 4 nitrogen and oxygen atoms in total. The Bertz CT molecular complexity index is 610. The van der Waals surface area contributed by atoms with Crippen molar-refractivity contribution in [3.63, 3.8) is 0 Å². The Balaban J connectivity index is 1.89. The summed E-state index contributed by atoms with van der Waals surface area (Å²) in [6.07, 6.45) is 4.04. The summed E-state index contributed by atoms with van der Waals surface area (Å²) in [6.45, 7) is 3.70. The van der Waals surface area contributed by atoms with Gasteiger partial charge in [-0.3, -0.25) is 4.79 Å². The van der Waals surface area contributed by atoms with Crippen LogP contribution in [0.15, 0.2) is 30.3 Å². The van der Waals surface area contributed by atoms with Gasteiger partial charge in [-0.25, -0.2) is 8.42 Å². The number of sulfone groups is 1. The summed E-state index contributed by atoms with van der Waals surface area (Å²) in [6, 6.07) is 10.3. The van der Waals surface area contributed by atoms with Crippen molar-refractivity contribution in [3.8, 4) is 0 Å². The van der Waals surface area contributed by atoms with Crippen LogP contribution < -0.4 is 5.32 Å². The Labute approximate surface area is 139 Å². The van der Waals surface area contributed by atoms with Crippen LogP contribution in [0.5, 0.6) is 0 Å². The summed E-state index contributed by atoms with van der Waals surface area (Å²) >= 11 is 0. The van der Waals surface area contributed by atoms with Gasteiger partial charge in [0.05, 0.1) is 5.75 Å². The van der Waals surface area contributed by atoms with Crippen LogP contribution in [0.3, 0.4) is 0 Å². The predicted molar refractivity (Wildman–Crippen MR) is 92.9 cm³/mol. The van der Waals surface area contributed by atoms with Crippen molar-refractivity contribution in [1.82, 2.24) is 5.32 Å². The lowest BCUT2D eigenvalue weighted by atomic mass is 9.94. The minimum atomic E-state index is -3.31. The first-order chi connectivity index (χ1) is 10.9. The molecular weight excluding hydrogens is 310 g/mol. The second kappa shape index (κ2) is 7.95. The highest BCUT2D eigenvalue weighted by Gasteiger charge is 2.29. The van der Waals surface area contributed by atoms with E-state index in [-0.39, 0.29) is 29.4 Å². The van der Waals surface area contributed by atoms with Crippen molar-refractivity contribution < 1.29 is 13.2 Å². The SMILES string of the molecule is CC(C)CS(=O)(=O)CC(=O)N[C@H]1CCC[C@@H]1Cc1ccccc1. The Morgan fingerprint density at radius 3 is 2.57 bits per heavy atom. The van der Waals surface area contributed by atoms with Crippen molar-refractivity contribution >= 4 is 15.7 Å². The first-order valence-corrected chi connectivity index (χ1v) is 10.2. The zero-order valence-corrected chi connectivity index (χ0v) is 14.8. The minimum absolute atomic E-state index is 0.0464. The maximum atomic E-state index is 12.1. The van der Waals surface area contributed by atoms with E-state index < -0.39 is 9.84 Å². The number of carbonyl (C=O) groups is 1. The average Bonchev–Trinajstić information content (AvgIpc) is 2.84. The van der Waals surface area contributed by atoms with Crippen LogP contribution in [-0.2, 0) is 21.1 Å². The third-order valence-electron chi connectivity index (χ3n) is 4.28. The van der Waals surface area contributed by atoms with E-state index >= 15 is 0 Å². The van der Waals surface area contributed by atoms with Crippen molar-refractivity contribution in [2.75, 3.05) is 11.5 Å². The fourth-order valence-corrected chi connectivity index (χ4v) is 5.02. The topological polar surface area (TPSA) is 63.2 Å². The fraction of sp³-hybridized carbons (Fsp3) is 0.611. The van der Waals surface area contributed by atoms with E-state index in [2.05, 4.69) is 17.4 Å². The molecule has 0 unspecified atom stereocenters. The standard InChI is InChI=1S/C18H27NO3S/c1-14(2)12-23(21,22)13-18(20)19-17-10-6-9-16(17)11-15-7-4-3-5-8-15/h3-5,7-8,14,16-17H,6,9-13H2,1-2H3,(H,19,20)/t16-,17+/m1/s1. The summed E-state index contributed by atoms with van der Waals surface area (Å²) in [4.78, 5) is 12.1. The highest BCUT2D eigenvalue weighted by atomic mass is 32.2. The monoisotopic (exact) mass is 337 g/mol. The van der Waals surface area contributed by atoms with Crippen LogP contribution in [0.25, 0.3) is 0 Å². The molecule has 1 fully saturated rings. The van der Waals surface area contributed by atoms with Crippen molar-refractivity contribution in [3.05, 3.63) is 35.9 Å². The molecule has 1 N–H and O–H groups in total. The highest BCUT2D eigenvalue weighted by Crippen LogP contribution is 2.28. The summed E-state index contributed by atoms with van der Waals surface area (Å²) in [5.74, 6) is -0.229. The van der Waals surface area contributed by atoms with Gasteiger partial charge in [0, 0.05) is 6.04 Å².